The third-order valence-corrected chi connectivity index (χ3v) is 10.3. The Morgan fingerprint density at radius 3 is 2.53 bits per heavy atom. The quantitative estimate of drug-likeness (QED) is 0.559. The summed E-state index contributed by atoms with van der Waals surface area (Å²) in [6.07, 6.45) is 10.4. The van der Waals surface area contributed by atoms with E-state index < -0.39 is 11.4 Å². The van der Waals surface area contributed by atoms with Gasteiger partial charge >= 0.3 is 6.03 Å². The molecule has 6 rings (SSSR count). The molecule has 1 spiro atoms. The molecule has 0 aromatic rings. The highest BCUT2D eigenvalue weighted by atomic mass is 16.2. The Hall–Kier alpha value is -1.47. The summed E-state index contributed by atoms with van der Waals surface area (Å²) in [6, 6.07) is 0.371. The number of barbiturate groups is 1. The van der Waals surface area contributed by atoms with Gasteiger partial charge in [-0.15, -0.1) is 0 Å². The van der Waals surface area contributed by atoms with Crippen molar-refractivity contribution in [2.45, 2.75) is 103 Å². The predicted octanol–water partition coefficient (Wildman–Crippen LogP) is 1.82. The summed E-state index contributed by atoms with van der Waals surface area (Å²) in [5.74, 6) is 0.398. The lowest BCUT2D eigenvalue weighted by molar-refractivity contribution is -0.768. The first kappa shape index (κ1) is 21.1. The third-order valence-electron chi connectivity index (χ3n) is 10.3. The molecule has 2 aliphatic carbocycles. The molecule has 0 radical (unpaired) electrons. The normalized spacial score (nSPS) is 50.0. The highest BCUT2D eigenvalue weighted by molar-refractivity contribution is 6.19. The maximum absolute atomic E-state index is 13.9. The fraction of sp³-hybridized carbons (Fsp3) is 0.880. The second-order valence-electron chi connectivity index (χ2n) is 13.1. The molecular weight excluding hydrogens is 404 g/mol. The van der Waals surface area contributed by atoms with Gasteiger partial charge in [-0.1, -0.05) is 27.2 Å². The van der Waals surface area contributed by atoms with Crippen LogP contribution in [0.15, 0.2) is 0 Å². The molecule has 3 N–H and O–H groups in total. The van der Waals surface area contributed by atoms with Crippen LogP contribution in [0.25, 0.3) is 0 Å². The van der Waals surface area contributed by atoms with E-state index in [0.29, 0.717) is 36.5 Å². The molecule has 4 heterocycles. The van der Waals surface area contributed by atoms with Gasteiger partial charge in [0, 0.05) is 31.0 Å². The van der Waals surface area contributed by atoms with Crippen molar-refractivity contribution >= 4 is 17.8 Å². The molecule has 0 aromatic heterocycles. The Labute approximate surface area is 191 Å². The molecule has 4 saturated heterocycles. The smallest absolute Gasteiger partial charge is 0.328 e. The zero-order valence-corrected chi connectivity index (χ0v) is 20.0. The first-order valence-electron chi connectivity index (χ1n) is 12.8. The molecule has 8 atom stereocenters. The molecule has 32 heavy (non-hydrogen) atoms. The van der Waals surface area contributed by atoms with Crippen molar-refractivity contribution in [3.8, 4) is 0 Å². The molecule has 6 aliphatic rings. The minimum atomic E-state index is -1.15. The van der Waals surface area contributed by atoms with E-state index in [1.165, 1.54) is 30.6 Å². The molecule has 6 fully saturated rings. The number of fused-ring (bicyclic) bond motifs is 9. The number of nitrogens with zero attached hydrogens (tertiary/aromatic N) is 2. The fourth-order valence-electron chi connectivity index (χ4n) is 9.74. The van der Waals surface area contributed by atoms with Crippen LogP contribution in [-0.4, -0.2) is 59.0 Å². The lowest BCUT2D eigenvalue weighted by atomic mass is 9.54. The molecule has 2 bridgehead atoms. The molecule has 0 aromatic carbocycles. The van der Waals surface area contributed by atoms with Gasteiger partial charge in [-0.25, -0.2) is 9.69 Å². The molecule has 7 nitrogen and oxygen atoms in total. The van der Waals surface area contributed by atoms with Crippen molar-refractivity contribution in [1.29, 1.82) is 0 Å². The van der Waals surface area contributed by atoms with Gasteiger partial charge in [0.2, 0.25) is 11.8 Å². The number of amides is 4. The molecular formula is C25H39N4O3+. The second kappa shape index (κ2) is 6.56. The minimum Gasteiger partial charge on any atom is -0.328 e. The van der Waals surface area contributed by atoms with E-state index in [0.717, 1.165) is 25.7 Å². The molecule has 7 heteroatoms. The Balaban J connectivity index is 1.49. The van der Waals surface area contributed by atoms with E-state index in [1.54, 1.807) is 7.05 Å². The van der Waals surface area contributed by atoms with Crippen molar-refractivity contribution in [1.82, 2.24) is 15.1 Å². The number of carbonyl (C=O) groups is 3. The summed E-state index contributed by atoms with van der Waals surface area (Å²) in [7, 11) is 1.54. The predicted molar refractivity (Wildman–Crippen MR) is 118 cm³/mol. The minimum absolute atomic E-state index is 0.108. The number of nitrogens with two attached hydrogens (primary N) is 1. The van der Waals surface area contributed by atoms with Crippen LogP contribution in [0, 0.1) is 28.1 Å². The molecule has 4 amide bonds. The Morgan fingerprint density at radius 1 is 1.00 bits per heavy atom. The number of hydrogen-bond donors (Lipinski definition) is 2. The summed E-state index contributed by atoms with van der Waals surface area (Å²) in [6.45, 7) is 7.01. The number of piperidine rings is 2. The van der Waals surface area contributed by atoms with Gasteiger partial charge in [0.1, 0.15) is 11.6 Å². The number of carbonyl (C=O) groups excluding carboxylic acids is 3. The third kappa shape index (κ3) is 2.64. The zero-order chi connectivity index (χ0) is 22.6. The molecule has 176 valence electrons. The van der Waals surface area contributed by atoms with Crippen LogP contribution in [0.5, 0.6) is 0 Å². The summed E-state index contributed by atoms with van der Waals surface area (Å²) >= 11 is 0. The lowest BCUT2D eigenvalue weighted by Gasteiger charge is -2.58. The van der Waals surface area contributed by atoms with Crippen molar-refractivity contribution < 1.29 is 19.7 Å². The van der Waals surface area contributed by atoms with Gasteiger partial charge in [-0.3, -0.25) is 19.8 Å². The number of rotatable bonds is 0. The van der Waals surface area contributed by atoms with Crippen LogP contribution in [0.1, 0.15) is 78.6 Å². The summed E-state index contributed by atoms with van der Waals surface area (Å²) in [4.78, 5) is 43.8. The highest BCUT2D eigenvalue weighted by Gasteiger charge is 2.74. The number of nitrogens with one attached hydrogen (secondary N) is 1. The SMILES string of the molecule is CN1C(=O)NC(=O)C2(CC3CC4CCCCC4[NH2+]C3N3C4CC(C)(C)CC(C)(C4)C32)C1=O. The maximum atomic E-state index is 13.9. The average Bonchev–Trinajstić information content (AvgIpc) is 2.95. The van der Waals surface area contributed by atoms with Crippen molar-refractivity contribution in [2.24, 2.45) is 28.1 Å². The van der Waals surface area contributed by atoms with Crippen LogP contribution >= 0.6 is 0 Å². The first-order chi connectivity index (χ1) is 15.1. The number of hydrogen-bond acceptors (Lipinski definition) is 4. The second-order valence-corrected chi connectivity index (χ2v) is 13.1. The van der Waals surface area contributed by atoms with Crippen molar-refractivity contribution in [3.05, 3.63) is 0 Å². The number of quaternary nitrogens is 1. The van der Waals surface area contributed by atoms with Gasteiger partial charge in [-0.2, -0.15) is 0 Å². The largest absolute Gasteiger partial charge is 0.330 e. The van der Waals surface area contributed by atoms with Crippen LogP contribution in [0.2, 0.25) is 0 Å². The standard InChI is InChI=1S/C25H38N4O3/c1-23(2)11-16-12-24(3,13-23)19-25(20(30)27-22(32)28(4)21(25)31)10-15-9-14-7-5-6-8-17(14)26-18(15)29(16)19/h14-19,26H,5-13H2,1-4H3,(H,27,30,32)/p+1. The average molecular weight is 444 g/mol. The van der Waals surface area contributed by atoms with Gasteiger partial charge in [0.05, 0.1) is 6.04 Å². The highest BCUT2D eigenvalue weighted by Crippen LogP contribution is 2.64. The van der Waals surface area contributed by atoms with Gasteiger partial charge < -0.3 is 5.32 Å². The van der Waals surface area contributed by atoms with Crippen molar-refractivity contribution in [3.63, 3.8) is 0 Å². The van der Waals surface area contributed by atoms with Gasteiger partial charge in [-0.05, 0) is 62.2 Å². The van der Waals surface area contributed by atoms with Gasteiger partial charge in [0.15, 0.2) is 0 Å². The molecule has 2 saturated carbocycles. The topological polar surface area (TPSA) is 86.3 Å². The monoisotopic (exact) mass is 443 g/mol. The summed E-state index contributed by atoms with van der Waals surface area (Å²) in [5, 5.41) is 5.24. The summed E-state index contributed by atoms with van der Waals surface area (Å²) < 4.78 is 0. The first-order valence-corrected chi connectivity index (χ1v) is 12.8. The fourth-order valence-corrected chi connectivity index (χ4v) is 9.74. The maximum Gasteiger partial charge on any atom is 0.330 e. The van der Waals surface area contributed by atoms with Crippen LogP contribution in [-0.2, 0) is 9.59 Å². The van der Waals surface area contributed by atoms with Gasteiger partial charge in [0.25, 0.3) is 0 Å². The lowest BCUT2D eigenvalue weighted by Crippen LogP contribution is -3.04. The number of urea groups is 1. The molecule has 4 aliphatic heterocycles. The van der Waals surface area contributed by atoms with E-state index in [2.05, 4.69) is 36.3 Å². The Bertz CT molecular complexity index is 888. The number of imide groups is 2. The van der Waals surface area contributed by atoms with E-state index in [4.69, 9.17) is 0 Å². The van der Waals surface area contributed by atoms with Crippen LogP contribution < -0.4 is 10.6 Å². The van der Waals surface area contributed by atoms with E-state index >= 15 is 0 Å². The van der Waals surface area contributed by atoms with E-state index in [-0.39, 0.29) is 28.7 Å². The van der Waals surface area contributed by atoms with E-state index in [9.17, 15) is 14.4 Å². The Kier molecular flexibility index (Phi) is 4.32. The molecule has 8 unspecified atom stereocenters. The summed E-state index contributed by atoms with van der Waals surface area (Å²) in [5.41, 5.74) is -1.07. The van der Waals surface area contributed by atoms with E-state index in [1.807, 2.05) is 0 Å². The van der Waals surface area contributed by atoms with Crippen LogP contribution in [0.3, 0.4) is 0 Å². The zero-order valence-electron chi connectivity index (χ0n) is 20.0. The van der Waals surface area contributed by atoms with Crippen LogP contribution in [0.4, 0.5) is 4.79 Å². The Morgan fingerprint density at radius 2 is 1.75 bits per heavy atom. The van der Waals surface area contributed by atoms with Crippen molar-refractivity contribution in [2.75, 3.05) is 7.05 Å².